The van der Waals surface area contributed by atoms with Gasteiger partial charge in [-0.1, -0.05) is 13.8 Å². The Morgan fingerprint density at radius 1 is 1.32 bits per heavy atom. The molecule has 7 heteroatoms. The number of carboxylic acid groups (broad SMARTS) is 1. The number of ether oxygens (including phenoxy) is 2. The van der Waals surface area contributed by atoms with Crippen molar-refractivity contribution in [2.24, 2.45) is 0 Å². The average molecular weight is 318 g/mol. The van der Waals surface area contributed by atoms with Crippen molar-refractivity contribution in [2.75, 3.05) is 7.11 Å². The van der Waals surface area contributed by atoms with E-state index in [2.05, 4.69) is 0 Å². The Morgan fingerprint density at radius 2 is 1.91 bits per heavy atom. The Morgan fingerprint density at radius 3 is 2.36 bits per heavy atom. The number of carboxylic acids is 1. The minimum atomic E-state index is -4.81. The van der Waals surface area contributed by atoms with Crippen LogP contribution < -0.4 is 9.47 Å². The Hall–Kier alpha value is -2.18. The van der Waals surface area contributed by atoms with Crippen LogP contribution in [0.5, 0.6) is 11.5 Å². The minimum absolute atomic E-state index is 0.0170. The third-order valence-corrected chi connectivity index (χ3v) is 2.98. The van der Waals surface area contributed by atoms with Gasteiger partial charge in [0.05, 0.1) is 12.7 Å². The summed E-state index contributed by atoms with van der Waals surface area (Å²) in [5.74, 6) is -1.31. The number of methoxy groups -OCH3 is 1. The number of alkyl halides is 3. The van der Waals surface area contributed by atoms with Gasteiger partial charge >= 0.3 is 12.1 Å². The van der Waals surface area contributed by atoms with Gasteiger partial charge in [0, 0.05) is 11.1 Å². The van der Waals surface area contributed by atoms with Crippen LogP contribution in [-0.4, -0.2) is 30.5 Å². The Labute approximate surface area is 126 Å². The lowest BCUT2D eigenvalue weighted by Crippen LogP contribution is -2.40. The van der Waals surface area contributed by atoms with Gasteiger partial charge in [0.15, 0.2) is 0 Å². The molecule has 0 radical (unpaired) electrons. The van der Waals surface area contributed by atoms with Gasteiger partial charge in [0.25, 0.3) is 0 Å². The third kappa shape index (κ3) is 3.35. The highest BCUT2D eigenvalue weighted by Crippen LogP contribution is 2.41. The van der Waals surface area contributed by atoms with E-state index < -0.39 is 23.8 Å². The van der Waals surface area contributed by atoms with Crippen LogP contribution in [-0.2, 0) is 4.79 Å². The maximum absolute atomic E-state index is 12.9. The van der Waals surface area contributed by atoms with E-state index in [0.717, 1.165) is 6.08 Å². The van der Waals surface area contributed by atoms with Crippen molar-refractivity contribution in [3.63, 3.8) is 0 Å². The topological polar surface area (TPSA) is 55.8 Å². The molecule has 0 spiro atoms. The van der Waals surface area contributed by atoms with Gasteiger partial charge < -0.3 is 14.6 Å². The van der Waals surface area contributed by atoms with Crippen LogP contribution in [0.3, 0.4) is 0 Å². The second kappa shape index (κ2) is 6.72. The molecule has 0 fully saturated rings. The Balaban J connectivity index is 0.00000116. The molecule has 1 N–H and O–H groups in total. The molecule has 0 saturated carbocycles. The number of benzene rings is 1. The molecule has 0 aliphatic carbocycles. The van der Waals surface area contributed by atoms with E-state index in [1.165, 1.54) is 13.2 Å². The van der Waals surface area contributed by atoms with Crippen molar-refractivity contribution >= 4 is 12.0 Å². The standard InChI is InChI=1S/C13H11F3O4.C2H6/c1-6-9(19-2)4-3-7-5-8(12(17)18)11(13(14,15)16)20-10(6)7;1-2/h3-5,11H,1-2H3,(H,17,18);1-2H3. The van der Waals surface area contributed by atoms with Crippen LogP contribution in [0.4, 0.5) is 13.2 Å². The summed E-state index contributed by atoms with van der Waals surface area (Å²) in [5.41, 5.74) is -0.171. The number of halogens is 3. The summed E-state index contributed by atoms with van der Waals surface area (Å²) in [4.78, 5) is 11.0. The van der Waals surface area contributed by atoms with Gasteiger partial charge in [-0.05, 0) is 25.1 Å². The third-order valence-electron chi connectivity index (χ3n) is 2.98. The number of rotatable bonds is 2. The smallest absolute Gasteiger partial charge is 0.430 e. The summed E-state index contributed by atoms with van der Waals surface area (Å²) in [6.45, 7) is 5.55. The zero-order valence-corrected chi connectivity index (χ0v) is 12.6. The van der Waals surface area contributed by atoms with Gasteiger partial charge in [-0.2, -0.15) is 13.2 Å². The van der Waals surface area contributed by atoms with Gasteiger partial charge in [0.1, 0.15) is 11.5 Å². The first kappa shape index (κ1) is 17.9. The van der Waals surface area contributed by atoms with Gasteiger partial charge in [-0.15, -0.1) is 0 Å². The van der Waals surface area contributed by atoms with Gasteiger partial charge in [-0.3, -0.25) is 0 Å². The molecule has 0 aromatic heterocycles. The molecule has 0 bridgehead atoms. The molecule has 1 aliphatic heterocycles. The van der Waals surface area contributed by atoms with E-state index in [1.807, 2.05) is 13.8 Å². The molecule has 1 aromatic rings. The first-order chi connectivity index (χ1) is 10.3. The monoisotopic (exact) mass is 318 g/mol. The number of hydrogen-bond acceptors (Lipinski definition) is 3. The molecule has 1 heterocycles. The molecule has 0 saturated heterocycles. The average Bonchev–Trinajstić information content (AvgIpc) is 2.47. The van der Waals surface area contributed by atoms with E-state index in [4.69, 9.17) is 14.6 Å². The molecule has 1 unspecified atom stereocenters. The maximum atomic E-state index is 12.9. The Bertz CT molecular complexity index is 591. The van der Waals surface area contributed by atoms with Crippen LogP contribution >= 0.6 is 0 Å². The summed E-state index contributed by atoms with van der Waals surface area (Å²) < 4.78 is 48.6. The van der Waals surface area contributed by atoms with Crippen molar-refractivity contribution in [3.8, 4) is 11.5 Å². The number of carbonyl (C=O) groups is 1. The van der Waals surface area contributed by atoms with E-state index in [0.29, 0.717) is 11.3 Å². The minimum Gasteiger partial charge on any atom is -0.496 e. The maximum Gasteiger partial charge on any atom is 0.430 e. The quantitative estimate of drug-likeness (QED) is 0.900. The molecule has 1 aliphatic rings. The fourth-order valence-corrected chi connectivity index (χ4v) is 2.03. The molecule has 22 heavy (non-hydrogen) atoms. The van der Waals surface area contributed by atoms with Gasteiger partial charge in [-0.25, -0.2) is 4.79 Å². The van der Waals surface area contributed by atoms with Crippen molar-refractivity contribution < 1.29 is 32.5 Å². The molecular weight excluding hydrogens is 301 g/mol. The highest BCUT2D eigenvalue weighted by molar-refractivity contribution is 5.95. The van der Waals surface area contributed by atoms with Crippen LogP contribution in [0, 0.1) is 6.92 Å². The van der Waals surface area contributed by atoms with Crippen molar-refractivity contribution in [1.29, 1.82) is 0 Å². The molecule has 1 atom stereocenters. The number of aliphatic carboxylic acids is 1. The second-order valence-electron chi connectivity index (χ2n) is 4.26. The normalized spacial score (nSPS) is 16.5. The lowest BCUT2D eigenvalue weighted by atomic mass is 9.99. The van der Waals surface area contributed by atoms with Crippen LogP contribution in [0.2, 0.25) is 0 Å². The fourth-order valence-electron chi connectivity index (χ4n) is 2.03. The molecule has 1 aromatic carbocycles. The number of hydrogen-bond donors (Lipinski definition) is 1. The largest absolute Gasteiger partial charge is 0.496 e. The summed E-state index contributed by atoms with van der Waals surface area (Å²) >= 11 is 0. The predicted molar refractivity (Wildman–Crippen MR) is 75.2 cm³/mol. The van der Waals surface area contributed by atoms with Crippen LogP contribution in [0.15, 0.2) is 17.7 Å². The van der Waals surface area contributed by atoms with Crippen molar-refractivity contribution in [2.45, 2.75) is 33.1 Å². The van der Waals surface area contributed by atoms with E-state index in [1.54, 1.807) is 13.0 Å². The highest BCUT2D eigenvalue weighted by Gasteiger charge is 2.48. The first-order valence-corrected chi connectivity index (χ1v) is 6.61. The van der Waals surface area contributed by atoms with Crippen LogP contribution in [0.25, 0.3) is 6.08 Å². The first-order valence-electron chi connectivity index (χ1n) is 6.61. The number of fused-ring (bicyclic) bond motifs is 1. The Kier molecular flexibility index (Phi) is 5.46. The predicted octanol–water partition coefficient (Wildman–Crippen LogP) is 3.82. The summed E-state index contributed by atoms with van der Waals surface area (Å²) in [5, 5.41) is 8.89. The highest BCUT2D eigenvalue weighted by atomic mass is 19.4. The molecule has 0 amide bonds. The molecule has 4 nitrogen and oxygen atoms in total. The molecular formula is C15H17F3O4. The SMILES string of the molecule is CC.COc1ccc2c(c1C)OC(C(F)(F)F)C(C(=O)O)=C2. The van der Waals surface area contributed by atoms with Gasteiger partial charge in [0.2, 0.25) is 6.10 Å². The molecule has 2 rings (SSSR count). The van der Waals surface area contributed by atoms with Crippen LogP contribution in [0.1, 0.15) is 25.0 Å². The van der Waals surface area contributed by atoms with Crippen molar-refractivity contribution in [1.82, 2.24) is 0 Å². The van der Waals surface area contributed by atoms with Crippen molar-refractivity contribution in [3.05, 3.63) is 28.8 Å². The summed E-state index contributed by atoms with van der Waals surface area (Å²) in [6.07, 6.45) is -6.32. The lowest BCUT2D eigenvalue weighted by Gasteiger charge is -2.28. The summed E-state index contributed by atoms with van der Waals surface area (Å²) in [7, 11) is 1.39. The molecule has 122 valence electrons. The zero-order chi connectivity index (χ0) is 17.1. The van der Waals surface area contributed by atoms with E-state index >= 15 is 0 Å². The summed E-state index contributed by atoms with van der Waals surface area (Å²) in [6, 6.07) is 3.00. The zero-order valence-electron chi connectivity index (χ0n) is 12.6. The second-order valence-corrected chi connectivity index (χ2v) is 4.26. The van der Waals surface area contributed by atoms with E-state index in [-0.39, 0.29) is 11.3 Å². The van der Waals surface area contributed by atoms with E-state index in [9.17, 15) is 18.0 Å². The fraction of sp³-hybridized carbons (Fsp3) is 0.400. The lowest BCUT2D eigenvalue weighted by molar-refractivity contribution is -0.187.